The van der Waals surface area contributed by atoms with Gasteiger partial charge in [0.1, 0.15) is 7.14 Å². The van der Waals surface area contributed by atoms with E-state index in [2.05, 4.69) is 5.32 Å². The largest absolute Gasteiger partial charge is 0.481 e. The summed E-state index contributed by atoms with van der Waals surface area (Å²) in [6, 6.07) is 9.40. The van der Waals surface area contributed by atoms with Crippen molar-refractivity contribution in [2.24, 2.45) is 5.92 Å². The first-order valence-electron chi connectivity index (χ1n) is 7.23. The molecule has 2 unspecified atom stereocenters. The minimum absolute atomic E-state index is 0.00917. The minimum atomic E-state index is -3.14. The van der Waals surface area contributed by atoms with Crippen LogP contribution in [0.4, 0.5) is 0 Å². The molecule has 0 spiro atoms. The first-order valence-corrected chi connectivity index (χ1v) is 9.50. The first kappa shape index (κ1) is 19.4. The van der Waals surface area contributed by atoms with Crippen molar-refractivity contribution in [3.63, 3.8) is 0 Å². The predicted molar refractivity (Wildman–Crippen MR) is 85.7 cm³/mol. The Morgan fingerprint density at radius 2 is 1.83 bits per heavy atom. The summed E-state index contributed by atoms with van der Waals surface area (Å²) >= 11 is 0. The van der Waals surface area contributed by atoms with Crippen molar-refractivity contribution in [2.75, 3.05) is 18.8 Å². The molecule has 0 aromatic heterocycles. The smallest absolute Gasteiger partial charge is 0.306 e. The molecule has 1 aromatic carbocycles. The van der Waals surface area contributed by atoms with E-state index >= 15 is 0 Å². The summed E-state index contributed by atoms with van der Waals surface area (Å²) in [7, 11) is -3.14. The molecular formula is C15H22NO6P. The Morgan fingerprint density at radius 3 is 2.35 bits per heavy atom. The number of benzene rings is 1. The molecule has 0 aliphatic rings. The summed E-state index contributed by atoms with van der Waals surface area (Å²) in [6.07, 6.45) is -1.22. The molecule has 0 bridgehead atoms. The molecule has 0 fully saturated rings. The van der Waals surface area contributed by atoms with Gasteiger partial charge in [0.05, 0.1) is 18.6 Å². The average Bonchev–Trinajstić information content (AvgIpc) is 2.52. The molecule has 0 radical (unpaired) electrons. The molecule has 0 heterocycles. The molecule has 23 heavy (non-hydrogen) atoms. The van der Waals surface area contributed by atoms with E-state index in [9.17, 15) is 19.3 Å². The fourth-order valence-corrected chi connectivity index (χ4v) is 4.17. The van der Waals surface area contributed by atoms with Crippen LogP contribution in [0.3, 0.4) is 0 Å². The number of carboxylic acids is 2. The Hall–Kier alpha value is -1.69. The van der Waals surface area contributed by atoms with Crippen LogP contribution in [-0.2, 0) is 20.7 Å². The first-order chi connectivity index (χ1) is 10.9. The van der Waals surface area contributed by atoms with Gasteiger partial charge in [0.2, 0.25) is 0 Å². The predicted octanol–water partition coefficient (Wildman–Crippen LogP) is 1.61. The fourth-order valence-electron chi connectivity index (χ4n) is 2.16. The summed E-state index contributed by atoms with van der Waals surface area (Å²) in [5, 5.41) is 30.1. The number of hydrogen-bond donors (Lipinski definition) is 4. The number of aliphatic carboxylic acids is 2. The Morgan fingerprint density at radius 1 is 1.17 bits per heavy atom. The Bertz CT molecular complexity index is 562. The maximum absolute atomic E-state index is 12.6. The highest BCUT2D eigenvalue weighted by Crippen LogP contribution is 2.45. The number of aliphatic hydroxyl groups is 1. The zero-order valence-corrected chi connectivity index (χ0v) is 13.6. The second-order valence-corrected chi connectivity index (χ2v) is 8.50. The van der Waals surface area contributed by atoms with Gasteiger partial charge in [0, 0.05) is 19.1 Å². The molecule has 2 atom stereocenters. The van der Waals surface area contributed by atoms with E-state index in [1.165, 1.54) is 0 Å². The lowest BCUT2D eigenvalue weighted by Gasteiger charge is -2.20. The van der Waals surface area contributed by atoms with Gasteiger partial charge < -0.3 is 25.2 Å². The lowest BCUT2D eigenvalue weighted by Crippen LogP contribution is -2.24. The van der Waals surface area contributed by atoms with Gasteiger partial charge in [-0.2, -0.15) is 0 Å². The SMILES string of the molecule is O=C(O)CCC(CP(=O)(CO)CNCc1ccccc1)C(=O)O. The van der Waals surface area contributed by atoms with Crippen molar-refractivity contribution in [1.82, 2.24) is 5.32 Å². The summed E-state index contributed by atoms with van der Waals surface area (Å²) in [4.78, 5) is 21.8. The number of carbonyl (C=O) groups is 2. The Kier molecular flexibility index (Phi) is 7.95. The zero-order chi connectivity index (χ0) is 17.3. The minimum Gasteiger partial charge on any atom is -0.481 e. The number of nitrogens with one attached hydrogen (secondary N) is 1. The number of carboxylic acid groups (broad SMARTS) is 2. The van der Waals surface area contributed by atoms with Crippen LogP contribution >= 0.6 is 7.14 Å². The van der Waals surface area contributed by atoms with Gasteiger partial charge in [-0.1, -0.05) is 30.3 Å². The summed E-state index contributed by atoms with van der Waals surface area (Å²) in [5.41, 5.74) is 0.984. The molecule has 4 N–H and O–H groups in total. The standard InChI is InChI=1S/C15H22NO6P/c17-11-23(22,9-13(15(20)21)6-7-14(18)19)10-16-8-12-4-2-1-3-5-12/h1-5,13,16-17H,6-11H2,(H,18,19)(H,20,21). The van der Waals surface area contributed by atoms with Crippen LogP contribution in [0, 0.1) is 5.92 Å². The van der Waals surface area contributed by atoms with Crippen molar-refractivity contribution in [3.8, 4) is 0 Å². The molecule has 1 rings (SSSR count). The number of hydrogen-bond acceptors (Lipinski definition) is 5. The Labute approximate surface area is 134 Å². The van der Waals surface area contributed by atoms with Crippen molar-refractivity contribution < 1.29 is 29.5 Å². The topological polar surface area (TPSA) is 124 Å². The molecule has 0 saturated carbocycles. The van der Waals surface area contributed by atoms with Crippen molar-refractivity contribution >= 4 is 19.1 Å². The van der Waals surface area contributed by atoms with E-state index < -0.39 is 31.3 Å². The number of aliphatic hydroxyl groups excluding tert-OH is 1. The normalized spacial score (nSPS) is 14.8. The molecule has 7 nitrogen and oxygen atoms in total. The van der Waals surface area contributed by atoms with Gasteiger partial charge in [-0.25, -0.2) is 0 Å². The lowest BCUT2D eigenvalue weighted by molar-refractivity contribution is -0.142. The van der Waals surface area contributed by atoms with E-state index in [0.29, 0.717) is 6.54 Å². The molecule has 0 aliphatic carbocycles. The van der Waals surface area contributed by atoms with Crippen molar-refractivity contribution in [3.05, 3.63) is 35.9 Å². The van der Waals surface area contributed by atoms with E-state index in [1.807, 2.05) is 30.3 Å². The molecule has 128 valence electrons. The highest BCUT2D eigenvalue weighted by Gasteiger charge is 2.30. The van der Waals surface area contributed by atoms with E-state index in [4.69, 9.17) is 10.2 Å². The molecule has 0 aliphatic heterocycles. The van der Waals surface area contributed by atoms with Crippen LogP contribution in [-0.4, -0.2) is 46.1 Å². The van der Waals surface area contributed by atoms with Gasteiger partial charge in [-0.3, -0.25) is 9.59 Å². The van der Waals surface area contributed by atoms with E-state index in [-0.39, 0.29) is 25.3 Å². The van der Waals surface area contributed by atoms with Crippen LogP contribution in [0.25, 0.3) is 0 Å². The second-order valence-electron chi connectivity index (χ2n) is 5.42. The van der Waals surface area contributed by atoms with Crippen LogP contribution in [0.15, 0.2) is 30.3 Å². The zero-order valence-electron chi connectivity index (χ0n) is 12.7. The van der Waals surface area contributed by atoms with Crippen LogP contribution < -0.4 is 5.32 Å². The third-order valence-corrected chi connectivity index (χ3v) is 5.86. The quantitative estimate of drug-likeness (QED) is 0.450. The maximum Gasteiger partial charge on any atom is 0.306 e. The Balaban J connectivity index is 2.58. The van der Waals surface area contributed by atoms with Gasteiger partial charge in [0.15, 0.2) is 0 Å². The monoisotopic (exact) mass is 343 g/mol. The summed E-state index contributed by atoms with van der Waals surface area (Å²) in [6.45, 7) is 0.456. The van der Waals surface area contributed by atoms with Gasteiger partial charge in [-0.15, -0.1) is 0 Å². The molecule has 0 amide bonds. The molecule has 0 saturated heterocycles. The van der Waals surface area contributed by atoms with Gasteiger partial charge >= 0.3 is 11.9 Å². The van der Waals surface area contributed by atoms with Crippen molar-refractivity contribution in [1.29, 1.82) is 0 Å². The van der Waals surface area contributed by atoms with Crippen LogP contribution in [0.1, 0.15) is 18.4 Å². The van der Waals surface area contributed by atoms with Gasteiger partial charge in [0.25, 0.3) is 0 Å². The van der Waals surface area contributed by atoms with Gasteiger partial charge in [-0.05, 0) is 12.0 Å². The van der Waals surface area contributed by atoms with E-state index in [0.717, 1.165) is 5.56 Å². The van der Waals surface area contributed by atoms with Crippen LogP contribution in [0.2, 0.25) is 0 Å². The highest BCUT2D eigenvalue weighted by molar-refractivity contribution is 7.63. The molecule has 8 heteroatoms. The lowest BCUT2D eigenvalue weighted by atomic mass is 10.1. The third kappa shape index (κ3) is 7.41. The molecule has 1 aromatic rings. The number of rotatable bonds is 11. The fraction of sp³-hybridized carbons (Fsp3) is 0.467. The van der Waals surface area contributed by atoms with Crippen molar-refractivity contribution in [2.45, 2.75) is 19.4 Å². The summed E-state index contributed by atoms with van der Waals surface area (Å²) in [5.74, 6) is -3.33. The average molecular weight is 343 g/mol. The third-order valence-electron chi connectivity index (χ3n) is 3.44. The maximum atomic E-state index is 12.6. The van der Waals surface area contributed by atoms with E-state index in [1.54, 1.807) is 0 Å². The molecular weight excluding hydrogens is 321 g/mol. The van der Waals surface area contributed by atoms with Crippen LogP contribution in [0.5, 0.6) is 0 Å². The second kappa shape index (κ2) is 9.45. The summed E-state index contributed by atoms with van der Waals surface area (Å²) < 4.78 is 12.6. The highest BCUT2D eigenvalue weighted by atomic mass is 31.2.